The molecule has 122 valence electrons. The molecule has 2 aromatic carbocycles. The summed E-state index contributed by atoms with van der Waals surface area (Å²) >= 11 is 1.50. The fourth-order valence-electron chi connectivity index (χ4n) is 2.91. The van der Waals surface area contributed by atoms with Gasteiger partial charge in [-0.2, -0.15) is 9.61 Å². The third kappa shape index (κ3) is 2.20. The van der Waals surface area contributed by atoms with Crippen LogP contribution in [0, 0.1) is 0 Å². The fourth-order valence-corrected chi connectivity index (χ4v) is 3.72. The first kappa shape index (κ1) is 14.2. The van der Waals surface area contributed by atoms with E-state index in [0.29, 0.717) is 5.82 Å². The van der Waals surface area contributed by atoms with Crippen molar-refractivity contribution >= 4 is 27.2 Å². The van der Waals surface area contributed by atoms with Gasteiger partial charge in [0.2, 0.25) is 4.96 Å². The van der Waals surface area contributed by atoms with Crippen molar-refractivity contribution in [1.29, 1.82) is 0 Å². The number of H-pyrrole nitrogens is 1. The van der Waals surface area contributed by atoms with Crippen LogP contribution in [-0.4, -0.2) is 31.9 Å². The van der Waals surface area contributed by atoms with Crippen molar-refractivity contribution in [2.75, 3.05) is 7.11 Å². The molecule has 0 aliphatic rings. The number of rotatable bonds is 3. The van der Waals surface area contributed by atoms with Crippen LogP contribution in [0.2, 0.25) is 0 Å². The van der Waals surface area contributed by atoms with E-state index in [1.54, 1.807) is 11.6 Å². The summed E-state index contributed by atoms with van der Waals surface area (Å²) in [4.78, 5) is 4.15. The first-order valence-corrected chi connectivity index (χ1v) is 8.59. The van der Waals surface area contributed by atoms with Crippen LogP contribution < -0.4 is 4.74 Å². The lowest BCUT2D eigenvalue weighted by Gasteiger charge is -2.04. The molecule has 5 aromatic rings. The lowest BCUT2D eigenvalue weighted by molar-refractivity contribution is 0.416. The molecule has 0 fully saturated rings. The summed E-state index contributed by atoms with van der Waals surface area (Å²) in [6, 6.07) is 18.0. The van der Waals surface area contributed by atoms with Gasteiger partial charge >= 0.3 is 0 Å². The van der Waals surface area contributed by atoms with E-state index in [-0.39, 0.29) is 0 Å². The van der Waals surface area contributed by atoms with E-state index in [9.17, 15) is 0 Å². The number of aromatic amines is 1. The predicted molar refractivity (Wildman–Crippen MR) is 97.9 cm³/mol. The molecule has 0 radical (unpaired) electrons. The SMILES string of the molecule is COc1ccccc1-c1nnc2sc(-c3cc4ccccc4[nH]3)nn12. The molecule has 25 heavy (non-hydrogen) atoms. The van der Waals surface area contributed by atoms with E-state index < -0.39 is 0 Å². The number of benzene rings is 2. The minimum absolute atomic E-state index is 0.672. The molecule has 0 bridgehead atoms. The summed E-state index contributed by atoms with van der Waals surface area (Å²) in [7, 11) is 1.65. The predicted octanol–water partition coefficient (Wildman–Crippen LogP) is 4.01. The van der Waals surface area contributed by atoms with Crippen molar-refractivity contribution in [1.82, 2.24) is 24.8 Å². The smallest absolute Gasteiger partial charge is 0.235 e. The van der Waals surface area contributed by atoms with Crippen LogP contribution >= 0.6 is 11.3 Å². The van der Waals surface area contributed by atoms with Crippen molar-refractivity contribution < 1.29 is 4.74 Å². The number of hydrogen-bond acceptors (Lipinski definition) is 5. The van der Waals surface area contributed by atoms with Gasteiger partial charge in [-0.15, -0.1) is 10.2 Å². The topological polar surface area (TPSA) is 68.1 Å². The second-order valence-electron chi connectivity index (χ2n) is 5.60. The number of hydrogen-bond donors (Lipinski definition) is 1. The molecule has 0 amide bonds. The summed E-state index contributed by atoms with van der Waals surface area (Å²) in [5.41, 5.74) is 2.93. The second kappa shape index (κ2) is 5.42. The Balaban J connectivity index is 1.67. The molecule has 0 saturated carbocycles. The van der Waals surface area contributed by atoms with Gasteiger partial charge in [-0.25, -0.2) is 0 Å². The average molecular weight is 347 g/mol. The minimum atomic E-state index is 0.672. The quantitative estimate of drug-likeness (QED) is 0.535. The van der Waals surface area contributed by atoms with Gasteiger partial charge in [-0.1, -0.05) is 41.7 Å². The molecule has 6 nitrogen and oxygen atoms in total. The molecular weight excluding hydrogens is 334 g/mol. The molecule has 1 N–H and O–H groups in total. The lowest BCUT2D eigenvalue weighted by Crippen LogP contribution is -1.94. The summed E-state index contributed by atoms with van der Waals surface area (Å²) in [5, 5.41) is 15.3. The normalized spacial score (nSPS) is 11.4. The van der Waals surface area contributed by atoms with Gasteiger partial charge in [-0.05, 0) is 24.3 Å². The maximum atomic E-state index is 5.44. The Morgan fingerprint density at radius 2 is 1.88 bits per heavy atom. The van der Waals surface area contributed by atoms with Crippen LogP contribution in [0.3, 0.4) is 0 Å². The van der Waals surface area contributed by atoms with Gasteiger partial charge in [0.25, 0.3) is 0 Å². The highest BCUT2D eigenvalue weighted by atomic mass is 32.1. The largest absolute Gasteiger partial charge is 0.496 e. The van der Waals surface area contributed by atoms with Crippen molar-refractivity contribution in [3.63, 3.8) is 0 Å². The number of fused-ring (bicyclic) bond motifs is 2. The highest BCUT2D eigenvalue weighted by Crippen LogP contribution is 2.32. The fraction of sp³-hybridized carbons (Fsp3) is 0.0556. The molecule has 3 heterocycles. The summed E-state index contributed by atoms with van der Waals surface area (Å²) in [6.45, 7) is 0. The molecular formula is C18H13N5OS. The lowest BCUT2D eigenvalue weighted by atomic mass is 10.2. The zero-order valence-corrected chi connectivity index (χ0v) is 14.1. The molecule has 0 atom stereocenters. The standard InChI is InChI=1S/C18H13N5OS/c1-24-15-9-5-3-7-12(15)16-20-21-18-23(16)22-17(25-18)14-10-11-6-2-4-8-13(11)19-14/h2-10,19H,1H3. The van der Waals surface area contributed by atoms with E-state index in [4.69, 9.17) is 9.84 Å². The maximum Gasteiger partial charge on any atom is 0.235 e. The number of nitrogens with zero attached hydrogens (tertiary/aromatic N) is 4. The van der Waals surface area contributed by atoms with Crippen LogP contribution in [0.4, 0.5) is 0 Å². The van der Waals surface area contributed by atoms with E-state index in [0.717, 1.165) is 37.9 Å². The van der Waals surface area contributed by atoms with Crippen LogP contribution in [0.25, 0.3) is 38.0 Å². The number of methoxy groups -OCH3 is 1. The van der Waals surface area contributed by atoms with Gasteiger partial charge in [0.05, 0.1) is 18.4 Å². The molecule has 0 spiro atoms. The van der Waals surface area contributed by atoms with Crippen LogP contribution in [-0.2, 0) is 0 Å². The molecule has 0 unspecified atom stereocenters. The zero-order chi connectivity index (χ0) is 16.8. The second-order valence-corrected chi connectivity index (χ2v) is 6.55. The monoisotopic (exact) mass is 347 g/mol. The van der Waals surface area contributed by atoms with E-state index in [2.05, 4.69) is 33.4 Å². The van der Waals surface area contributed by atoms with E-state index in [1.807, 2.05) is 36.4 Å². The molecule has 0 saturated heterocycles. The van der Waals surface area contributed by atoms with E-state index in [1.165, 1.54) is 11.3 Å². The minimum Gasteiger partial charge on any atom is -0.496 e. The molecule has 5 rings (SSSR count). The number of para-hydroxylation sites is 2. The Hall–Kier alpha value is -3.19. The van der Waals surface area contributed by atoms with Crippen molar-refractivity contribution in [2.24, 2.45) is 0 Å². The van der Waals surface area contributed by atoms with Gasteiger partial charge < -0.3 is 9.72 Å². The molecule has 7 heteroatoms. The highest BCUT2D eigenvalue weighted by Gasteiger charge is 2.17. The zero-order valence-electron chi connectivity index (χ0n) is 13.3. The molecule has 0 aliphatic heterocycles. The highest BCUT2D eigenvalue weighted by molar-refractivity contribution is 7.19. The first-order chi connectivity index (χ1) is 12.3. The average Bonchev–Trinajstić information content (AvgIpc) is 3.34. The Morgan fingerprint density at radius 1 is 1.04 bits per heavy atom. The molecule has 0 aliphatic carbocycles. The third-order valence-corrected chi connectivity index (χ3v) is 5.03. The van der Waals surface area contributed by atoms with Crippen LogP contribution in [0.15, 0.2) is 54.6 Å². The van der Waals surface area contributed by atoms with Gasteiger partial charge in [0.15, 0.2) is 10.8 Å². The van der Waals surface area contributed by atoms with Gasteiger partial charge in [0.1, 0.15) is 5.75 Å². The number of aromatic nitrogens is 5. The molecule has 3 aromatic heterocycles. The summed E-state index contributed by atoms with van der Waals surface area (Å²) in [6.07, 6.45) is 0. The van der Waals surface area contributed by atoms with E-state index >= 15 is 0 Å². The summed E-state index contributed by atoms with van der Waals surface area (Å²) < 4.78 is 7.20. The van der Waals surface area contributed by atoms with Crippen molar-refractivity contribution in [3.8, 4) is 27.8 Å². The summed E-state index contributed by atoms with van der Waals surface area (Å²) in [5.74, 6) is 1.42. The number of ether oxygens (including phenoxy) is 1. The Morgan fingerprint density at radius 3 is 2.76 bits per heavy atom. The Bertz CT molecular complexity index is 1170. The Labute approximate surface area is 146 Å². The third-order valence-electron chi connectivity index (χ3n) is 4.10. The van der Waals surface area contributed by atoms with Crippen LogP contribution in [0.5, 0.6) is 5.75 Å². The van der Waals surface area contributed by atoms with Gasteiger partial charge in [-0.3, -0.25) is 0 Å². The van der Waals surface area contributed by atoms with Crippen molar-refractivity contribution in [3.05, 3.63) is 54.6 Å². The van der Waals surface area contributed by atoms with Crippen LogP contribution in [0.1, 0.15) is 0 Å². The van der Waals surface area contributed by atoms with Crippen molar-refractivity contribution in [2.45, 2.75) is 0 Å². The maximum absolute atomic E-state index is 5.44. The first-order valence-electron chi connectivity index (χ1n) is 7.77. The number of nitrogens with one attached hydrogen (secondary N) is 1. The Kier molecular flexibility index (Phi) is 3.07. The van der Waals surface area contributed by atoms with Gasteiger partial charge in [0, 0.05) is 10.9 Å².